The molecule has 7 heteroatoms. The molecule has 2 aliphatic rings. The number of aliphatic hydroxyl groups excluding tert-OH is 3. The lowest BCUT2D eigenvalue weighted by atomic mass is 10.1. The van der Waals surface area contributed by atoms with Gasteiger partial charge < -0.3 is 29.7 Å². The maximum absolute atomic E-state index is 10.3. The summed E-state index contributed by atoms with van der Waals surface area (Å²) in [5.74, 6) is 1.30. The van der Waals surface area contributed by atoms with Gasteiger partial charge in [-0.05, 0) is 43.4 Å². The molecular formula is C21H34N2O5. The minimum Gasteiger partial charge on any atom is -0.493 e. The molecular weight excluding hydrogens is 360 g/mol. The summed E-state index contributed by atoms with van der Waals surface area (Å²) in [7, 11) is 1.62. The predicted octanol–water partition coefficient (Wildman–Crippen LogP) is 0.848. The van der Waals surface area contributed by atoms with Gasteiger partial charge in [0, 0.05) is 39.3 Å². The summed E-state index contributed by atoms with van der Waals surface area (Å²) in [4.78, 5) is 4.50. The Balaban J connectivity index is 1.48. The molecule has 2 aliphatic heterocycles. The van der Waals surface area contributed by atoms with Crippen LogP contribution in [-0.2, 0) is 6.54 Å². The van der Waals surface area contributed by atoms with E-state index in [1.165, 1.54) is 0 Å². The number of nitrogens with zero attached hydrogens (tertiary/aromatic N) is 2. The van der Waals surface area contributed by atoms with Crippen LogP contribution in [-0.4, -0.2) is 89.9 Å². The first-order chi connectivity index (χ1) is 13.5. The molecule has 1 unspecified atom stereocenters. The van der Waals surface area contributed by atoms with Crippen LogP contribution in [0.3, 0.4) is 0 Å². The van der Waals surface area contributed by atoms with Crippen molar-refractivity contribution in [3.63, 3.8) is 0 Å². The zero-order chi connectivity index (χ0) is 19.9. The summed E-state index contributed by atoms with van der Waals surface area (Å²) in [6, 6.07) is 5.91. The van der Waals surface area contributed by atoms with Crippen molar-refractivity contribution in [3.8, 4) is 11.5 Å². The van der Waals surface area contributed by atoms with Crippen LogP contribution >= 0.6 is 0 Å². The van der Waals surface area contributed by atoms with Crippen molar-refractivity contribution in [1.82, 2.24) is 9.80 Å². The Morgan fingerprint density at radius 2 is 1.57 bits per heavy atom. The molecule has 1 aromatic rings. The highest BCUT2D eigenvalue weighted by molar-refractivity contribution is 5.43. The number of rotatable bonds is 8. The Labute approximate surface area is 167 Å². The lowest BCUT2D eigenvalue weighted by Crippen LogP contribution is -2.41. The molecule has 0 aliphatic carbocycles. The van der Waals surface area contributed by atoms with Gasteiger partial charge in [-0.2, -0.15) is 0 Å². The van der Waals surface area contributed by atoms with Gasteiger partial charge in [-0.3, -0.25) is 4.90 Å². The average molecular weight is 395 g/mol. The van der Waals surface area contributed by atoms with E-state index < -0.39 is 6.10 Å². The third kappa shape index (κ3) is 6.32. The van der Waals surface area contributed by atoms with Gasteiger partial charge in [-0.25, -0.2) is 0 Å². The molecule has 0 aromatic heterocycles. The first-order valence-corrected chi connectivity index (χ1v) is 10.3. The first-order valence-electron chi connectivity index (χ1n) is 10.3. The number of likely N-dealkylation sites (tertiary alicyclic amines) is 2. The van der Waals surface area contributed by atoms with Crippen molar-refractivity contribution < 1.29 is 24.8 Å². The molecule has 2 saturated heterocycles. The minimum atomic E-state index is -0.584. The summed E-state index contributed by atoms with van der Waals surface area (Å²) in [6.07, 6.45) is 2.22. The van der Waals surface area contributed by atoms with Gasteiger partial charge in [-0.1, -0.05) is 6.07 Å². The Morgan fingerprint density at radius 3 is 2.18 bits per heavy atom. The van der Waals surface area contributed by atoms with Crippen LogP contribution < -0.4 is 9.47 Å². The molecule has 0 bridgehead atoms. The second-order valence-electron chi connectivity index (χ2n) is 7.99. The van der Waals surface area contributed by atoms with Crippen molar-refractivity contribution in [2.24, 2.45) is 0 Å². The molecule has 158 valence electrons. The maximum Gasteiger partial charge on any atom is 0.161 e. The van der Waals surface area contributed by atoms with Crippen molar-refractivity contribution in [2.75, 3.05) is 46.4 Å². The second kappa shape index (κ2) is 10.4. The van der Waals surface area contributed by atoms with Crippen molar-refractivity contribution in [1.29, 1.82) is 0 Å². The monoisotopic (exact) mass is 394 g/mol. The summed E-state index contributed by atoms with van der Waals surface area (Å²) in [5.41, 5.74) is 1.15. The maximum atomic E-state index is 10.3. The summed E-state index contributed by atoms with van der Waals surface area (Å²) < 4.78 is 11.3. The van der Waals surface area contributed by atoms with Gasteiger partial charge in [0.2, 0.25) is 0 Å². The van der Waals surface area contributed by atoms with Crippen LogP contribution in [0.5, 0.6) is 11.5 Å². The smallest absolute Gasteiger partial charge is 0.161 e. The largest absolute Gasteiger partial charge is 0.493 e. The lowest BCUT2D eigenvalue weighted by Gasteiger charge is -2.31. The van der Waals surface area contributed by atoms with Crippen molar-refractivity contribution in [3.05, 3.63) is 23.8 Å². The average Bonchev–Trinajstić information content (AvgIpc) is 2.70. The van der Waals surface area contributed by atoms with E-state index in [0.717, 1.165) is 64.0 Å². The van der Waals surface area contributed by atoms with E-state index in [4.69, 9.17) is 9.47 Å². The van der Waals surface area contributed by atoms with E-state index in [-0.39, 0.29) is 18.8 Å². The highest BCUT2D eigenvalue weighted by Crippen LogP contribution is 2.29. The van der Waals surface area contributed by atoms with Crippen molar-refractivity contribution in [2.45, 2.75) is 50.5 Å². The molecule has 0 amide bonds. The highest BCUT2D eigenvalue weighted by Gasteiger charge is 2.20. The Morgan fingerprint density at radius 1 is 0.964 bits per heavy atom. The number of hydrogen-bond donors (Lipinski definition) is 3. The number of β-amino-alcohol motifs (C(OH)–C–C–N with tert-alkyl or cyclic N) is 1. The van der Waals surface area contributed by atoms with Crippen molar-refractivity contribution >= 4 is 0 Å². The fraction of sp³-hybridized carbons (Fsp3) is 0.714. The number of benzene rings is 1. The van der Waals surface area contributed by atoms with E-state index in [2.05, 4.69) is 9.80 Å². The number of aliphatic hydroxyl groups is 3. The van der Waals surface area contributed by atoms with Crippen LogP contribution in [0.1, 0.15) is 31.2 Å². The number of piperidine rings is 2. The summed E-state index contributed by atoms with van der Waals surface area (Å²) in [5, 5.41) is 29.5. The molecule has 1 atom stereocenters. The molecule has 3 rings (SSSR count). The van der Waals surface area contributed by atoms with Gasteiger partial charge in [0.1, 0.15) is 12.7 Å². The van der Waals surface area contributed by atoms with E-state index in [0.29, 0.717) is 18.0 Å². The second-order valence-corrected chi connectivity index (χ2v) is 7.99. The summed E-state index contributed by atoms with van der Waals surface area (Å²) in [6.45, 7) is 5.01. The van der Waals surface area contributed by atoms with Gasteiger partial charge in [0.15, 0.2) is 11.5 Å². The lowest BCUT2D eigenvalue weighted by molar-refractivity contribution is 0.0333. The molecule has 28 heavy (non-hydrogen) atoms. The molecule has 1 aromatic carbocycles. The molecule has 3 N–H and O–H groups in total. The third-order valence-corrected chi connectivity index (χ3v) is 5.65. The number of hydrogen-bond acceptors (Lipinski definition) is 7. The van der Waals surface area contributed by atoms with Crippen LogP contribution in [0.25, 0.3) is 0 Å². The van der Waals surface area contributed by atoms with E-state index >= 15 is 0 Å². The number of methoxy groups -OCH3 is 1. The van der Waals surface area contributed by atoms with Crippen LogP contribution in [0, 0.1) is 0 Å². The van der Waals surface area contributed by atoms with E-state index in [9.17, 15) is 15.3 Å². The molecule has 0 saturated carbocycles. The zero-order valence-corrected chi connectivity index (χ0v) is 16.8. The van der Waals surface area contributed by atoms with Gasteiger partial charge in [0.05, 0.1) is 19.3 Å². The standard InChI is InChI=1S/C21H34N2O5/c1-27-21-12-16(13-22-8-4-17(24)5-9-22)2-3-20(21)28-15-19(26)14-23-10-6-18(25)7-11-23/h2-3,12,17-19,24-26H,4-11,13-15H2,1H3. The molecule has 0 radical (unpaired) electrons. The van der Waals surface area contributed by atoms with Crippen LogP contribution in [0.4, 0.5) is 0 Å². The van der Waals surface area contributed by atoms with Gasteiger partial charge >= 0.3 is 0 Å². The fourth-order valence-electron chi connectivity index (χ4n) is 3.90. The SMILES string of the molecule is COc1cc(CN2CCC(O)CC2)ccc1OCC(O)CN1CCC(O)CC1. The predicted molar refractivity (Wildman–Crippen MR) is 107 cm³/mol. The molecule has 2 heterocycles. The first kappa shape index (κ1) is 21.3. The van der Waals surface area contributed by atoms with Gasteiger partial charge in [-0.15, -0.1) is 0 Å². The highest BCUT2D eigenvalue weighted by atomic mass is 16.5. The molecule has 2 fully saturated rings. The van der Waals surface area contributed by atoms with E-state index in [1.807, 2.05) is 18.2 Å². The normalized spacial score (nSPS) is 21.6. The number of ether oxygens (including phenoxy) is 2. The third-order valence-electron chi connectivity index (χ3n) is 5.65. The van der Waals surface area contributed by atoms with Crippen LogP contribution in [0.15, 0.2) is 18.2 Å². The van der Waals surface area contributed by atoms with E-state index in [1.54, 1.807) is 7.11 Å². The summed E-state index contributed by atoms with van der Waals surface area (Å²) >= 11 is 0. The fourth-order valence-corrected chi connectivity index (χ4v) is 3.90. The zero-order valence-electron chi connectivity index (χ0n) is 16.8. The minimum absolute atomic E-state index is 0.164. The van der Waals surface area contributed by atoms with Crippen LogP contribution in [0.2, 0.25) is 0 Å². The Bertz CT molecular complexity index is 598. The molecule has 0 spiro atoms. The topological polar surface area (TPSA) is 85.6 Å². The quantitative estimate of drug-likeness (QED) is 0.603. The Kier molecular flexibility index (Phi) is 7.93. The Hall–Kier alpha value is -1.38. The molecule has 7 nitrogen and oxygen atoms in total. The van der Waals surface area contributed by atoms with Gasteiger partial charge in [0.25, 0.3) is 0 Å².